The third-order valence-corrected chi connectivity index (χ3v) is 3.59. The van der Waals surface area contributed by atoms with Crippen LogP contribution < -0.4 is 5.32 Å². The predicted molar refractivity (Wildman–Crippen MR) is 77.6 cm³/mol. The summed E-state index contributed by atoms with van der Waals surface area (Å²) < 4.78 is 5.59. The van der Waals surface area contributed by atoms with Crippen LogP contribution in [0.5, 0.6) is 0 Å². The van der Waals surface area contributed by atoms with Crippen LogP contribution in [-0.4, -0.2) is 53.5 Å². The summed E-state index contributed by atoms with van der Waals surface area (Å²) >= 11 is 0. The summed E-state index contributed by atoms with van der Waals surface area (Å²) in [6, 6.07) is 5.69. The van der Waals surface area contributed by atoms with Crippen LogP contribution >= 0.6 is 0 Å². The number of pyridine rings is 1. The van der Waals surface area contributed by atoms with Crippen molar-refractivity contribution < 1.29 is 14.3 Å². The van der Waals surface area contributed by atoms with Gasteiger partial charge in [-0.05, 0) is 19.1 Å². The van der Waals surface area contributed by atoms with E-state index in [2.05, 4.69) is 10.3 Å². The van der Waals surface area contributed by atoms with E-state index in [0.29, 0.717) is 26.1 Å². The molecule has 1 aliphatic heterocycles. The molecule has 1 saturated heterocycles. The SMILES string of the molecule is CC(=O)N1CCO[C@@](C)(C(=O)NCCc2ccccn2)C1. The maximum Gasteiger partial charge on any atom is 0.253 e. The number of carbonyl (C=O) groups is 2. The number of ether oxygens (including phenoxy) is 1. The van der Waals surface area contributed by atoms with E-state index in [1.807, 2.05) is 18.2 Å². The highest BCUT2D eigenvalue weighted by molar-refractivity contribution is 5.86. The number of carbonyl (C=O) groups excluding carboxylic acids is 2. The van der Waals surface area contributed by atoms with Crippen LogP contribution in [0.15, 0.2) is 24.4 Å². The van der Waals surface area contributed by atoms with Gasteiger partial charge in [-0.1, -0.05) is 6.07 Å². The summed E-state index contributed by atoms with van der Waals surface area (Å²) in [5.74, 6) is -0.227. The van der Waals surface area contributed by atoms with Gasteiger partial charge in [0, 0.05) is 38.3 Å². The molecule has 1 aliphatic rings. The second kappa shape index (κ2) is 6.67. The average Bonchev–Trinajstić information content (AvgIpc) is 2.48. The minimum absolute atomic E-state index is 0.0363. The van der Waals surface area contributed by atoms with Crippen molar-refractivity contribution in [3.05, 3.63) is 30.1 Å². The van der Waals surface area contributed by atoms with Crippen molar-refractivity contribution in [3.8, 4) is 0 Å². The summed E-state index contributed by atoms with van der Waals surface area (Å²) in [5, 5.41) is 2.86. The van der Waals surface area contributed by atoms with Crippen LogP contribution in [0.25, 0.3) is 0 Å². The van der Waals surface area contributed by atoms with Crippen molar-refractivity contribution in [2.45, 2.75) is 25.9 Å². The number of amides is 2. The number of hydrogen-bond donors (Lipinski definition) is 1. The maximum atomic E-state index is 12.3. The number of rotatable bonds is 4. The Hall–Kier alpha value is -1.95. The van der Waals surface area contributed by atoms with E-state index in [4.69, 9.17) is 4.74 Å². The van der Waals surface area contributed by atoms with Crippen molar-refractivity contribution in [2.24, 2.45) is 0 Å². The van der Waals surface area contributed by atoms with Crippen molar-refractivity contribution in [1.29, 1.82) is 0 Å². The molecule has 1 N–H and O–H groups in total. The number of hydrogen-bond acceptors (Lipinski definition) is 4. The highest BCUT2D eigenvalue weighted by Gasteiger charge is 2.39. The topological polar surface area (TPSA) is 71.5 Å². The van der Waals surface area contributed by atoms with Crippen molar-refractivity contribution in [2.75, 3.05) is 26.2 Å². The van der Waals surface area contributed by atoms with Gasteiger partial charge in [-0.25, -0.2) is 0 Å². The molecular weight excluding hydrogens is 270 g/mol. The van der Waals surface area contributed by atoms with E-state index >= 15 is 0 Å². The normalized spacial score (nSPS) is 21.9. The minimum Gasteiger partial charge on any atom is -0.362 e. The fraction of sp³-hybridized carbons (Fsp3) is 0.533. The largest absolute Gasteiger partial charge is 0.362 e. The highest BCUT2D eigenvalue weighted by Crippen LogP contribution is 2.18. The Bertz CT molecular complexity index is 506. The van der Waals surface area contributed by atoms with E-state index in [-0.39, 0.29) is 18.4 Å². The van der Waals surface area contributed by atoms with Crippen LogP contribution in [0.2, 0.25) is 0 Å². The third-order valence-electron chi connectivity index (χ3n) is 3.59. The Balaban J connectivity index is 1.85. The van der Waals surface area contributed by atoms with E-state index in [1.54, 1.807) is 18.0 Å². The Morgan fingerprint density at radius 3 is 2.95 bits per heavy atom. The van der Waals surface area contributed by atoms with Gasteiger partial charge in [0.1, 0.15) is 0 Å². The van der Waals surface area contributed by atoms with Gasteiger partial charge in [-0.2, -0.15) is 0 Å². The van der Waals surface area contributed by atoms with E-state index in [1.165, 1.54) is 6.92 Å². The van der Waals surface area contributed by atoms with Crippen LogP contribution in [0, 0.1) is 0 Å². The lowest BCUT2D eigenvalue weighted by molar-refractivity contribution is -0.161. The standard InChI is InChI=1S/C15H21N3O3/c1-12(19)18-9-10-21-15(2,11-18)14(20)17-8-6-13-5-3-4-7-16-13/h3-5,7H,6,8-11H2,1-2H3,(H,17,20)/t15-/m1/s1. The fourth-order valence-corrected chi connectivity index (χ4v) is 2.31. The monoisotopic (exact) mass is 291 g/mol. The summed E-state index contributed by atoms with van der Waals surface area (Å²) in [5.41, 5.74) is -0.0495. The number of nitrogens with one attached hydrogen (secondary N) is 1. The Morgan fingerprint density at radius 1 is 1.48 bits per heavy atom. The number of nitrogens with zero attached hydrogens (tertiary/aromatic N) is 2. The molecule has 6 nitrogen and oxygen atoms in total. The van der Waals surface area contributed by atoms with Crippen molar-refractivity contribution in [3.63, 3.8) is 0 Å². The Labute approximate surface area is 124 Å². The van der Waals surface area contributed by atoms with Crippen LogP contribution in [0.4, 0.5) is 0 Å². The molecule has 1 aromatic rings. The van der Waals surface area contributed by atoms with Crippen LogP contribution in [0.1, 0.15) is 19.5 Å². The molecule has 21 heavy (non-hydrogen) atoms. The average molecular weight is 291 g/mol. The summed E-state index contributed by atoms with van der Waals surface area (Å²) in [6.45, 7) is 4.92. The molecule has 1 aromatic heterocycles. The van der Waals surface area contributed by atoms with Gasteiger partial charge in [0.15, 0.2) is 5.60 Å². The summed E-state index contributed by atoms with van der Waals surface area (Å²) in [6.07, 6.45) is 2.40. The predicted octanol–water partition coefficient (Wildman–Crippen LogP) is 0.378. The zero-order chi connectivity index (χ0) is 15.3. The molecule has 2 rings (SSSR count). The lowest BCUT2D eigenvalue weighted by Gasteiger charge is -2.38. The van der Waals surface area contributed by atoms with E-state index in [9.17, 15) is 9.59 Å². The molecule has 0 radical (unpaired) electrons. The first-order valence-electron chi connectivity index (χ1n) is 7.09. The molecule has 0 spiro atoms. The minimum atomic E-state index is -0.978. The quantitative estimate of drug-likeness (QED) is 0.870. The second-order valence-corrected chi connectivity index (χ2v) is 5.35. The molecular formula is C15H21N3O3. The lowest BCUT2D eigenvalue weighted by atomic mass is 10.0. The third kappa shape index (κ3) is 4.01. The smallest absolute Gasteiger partial charge is 0.253 e. The Morgan fingerprint density at radius 2 is 2.29 bits per heavy atom. The molecule has 1 fully saturated rings. The van der Waals surface area contributed by atoms with E-state index < -0.39 is 5.60 Å². The zero-order valence-corrected chi connectivity index (χ0v) is 12.5. The number of morpholine rings is 1. The Kier molecular flexibility index (Phi) is 4.90. The first-order valence-corrected chi connectivity index (χ1v) is 7.09. The van der Waals surface area contributed by atoms with Crippen LogP contribution in [-0.2, 0) is 20.7 Å². The first kappa shape index (κ1) is 15.4. The molecule has 114 valence electrons. The first-order chi connectivity index (χ1) is 10.0. The summed E-state index contributed by atoms with van der Waals surface area (Å²) in [7, 11) is 0. The van der Waals surface area contributed by atoms with Gasteiger partial charge in [0.25, 0.3) is 5.91 Å². The molecule has 2 amide bonds. The van der Waals surface area contributed by atoms with Gasteiger partial charge in [0.2, 0.25) is 5.91 Å². The fourth-order valence-electron chi connectivity index (χ4n) is 2.31. The molecule has 0 bridgehead atoms. The van der Waals surface area contributed by atoms with Gasteiger partial charge < -0.3 is 15.0 Å². The summed E-state index contributed by atoms with van der Waals surface area (Å²) in [4.78, 5) is 29.6. The second-order valence-electron chi connectivity index (χ2n) is 5.35. The van der Waals surface area contributed by atoms with Gasteiger partial charge in [-0.3, -0.25) is 14.6 Å². The van der Waals surface area contributed by atoms with Crippen molar-refractivity contribution in [1.82, 2.24) is 15.2 Å². The number of aromatic nitrogens is 1. The van der Waals surface area contributed by atoms with Gasteiger partial charge >= 0.3 is 0 Å². The van der Waals surface area contributed by atoms with Gasteiger partial charge in [0.05, 0.1) is 13.2 Å². The molecule has 0 saturated carbocycles. The zero-order valence-electron chi connectivity index (χ0n) is 12.5. The van der Waals surface area contributed by atoms with E-state index in [0.717, 1.165) is 5.69 Å². The van der Waals surface area contributed by atoms with Gasteiger partial charge in [-0.15, -0.1) is 0 Å². The highest BCUT2D eigenvalue weighted by atomic mass is 16.5. The molecule has 0 aromatic carbocycles. The van der Waals surface area contributed by atoms with Crippen LogP contribution in [0.3, 0.4) is 0 Å². The lowest BCUT2D eigenvalue weighted by Crippen LogP contribution is -2.59. The molecule has 2 heterocycles. The molecule has 0 aliphatic carbocycles. The van der Waals surface area contributed by atoms with Crippen molar-refractivity contribution >= 4 is 11.8 Å². The molecule has 6 heteroatoms. The molecule has 0 unspecified atom stereocenters. The maximum absolute atomic E-state index is 12.3. The molecule has 1 atom stereocenters.